The van der Waals surface area contributed by atoms with E-state index in [2.05, 4.69) is 74.4 Å². The van der Waals surface area contributed by atoms with Gasteiger partial charge < -0.3 is 9.80 Å². The third kappa shape index (κ3) is 8.68. The maximum Gasteiger partial charge on any atom is 0.133 e. The lowest BCUT2D eigenvalue weighted by Gasteiger charge is -2.37. The van der Waals surface area contributed by atoms with E-state index >= 15 is 0 Å². The molecule has 2 aromatic rings. The zero-order chi connectivity index (χ0) is 33.6. The van der Waals surface area contributed by atoms with E-state index in [1.807, 2.05) is 6.20 Å². The molecule has 0 amide bonds. The summed E-state index contributed by atoms with van der Waals surface area (Å²) in [5.41, 5.74) is 10.1. The Kier molecular flexibility index (Phi) is 11.5. The van der Waals surface area contributed by atoms with Crippen LogP contribution in [0.2, 0.25) is 0 Å². The monoisotopic (exact) mass is 647 g/mol. The van der Waals surface area contributed by atoms with Gasteiger partial charge in [-0.2, -0.15) is 0 Å². The number of rotatable bonds is 10. The van der Waals surface area contributed by atoms with Crippen LogP contribution in [0.5, 0.6) is 0 Å². The van der Waals surface area contributed by atoms with Gasteiger partial charge in [-0.25, -0.2) is 4.98 Å². The van der Waals surface area contributed by atoms with Gasteiger partial charge in [0.05, 0.1) is 5.70 Å². The SMILES string of the molecule is C=C(C)N1CCC(C)C1.C=C(C1CCCCC1)N(CC1CCC(c2ccc(CC)c(C)n2)CC1)c1cc(C2=CCC(C3CC3)=N2)ccn1. The maximum absolute atomic E-state index is 5.03. The van der Waals surface area contributed by atoms with Gasteiger partial charge in [0.2, 0.25) is 0 Å². The lowest BCUT2D eigenvalue weighted by molar-refractivity contribution is 0.320. The second-order valence-electron chi connectivity index (χ2n) is 15.6. The van der Waals surface area contributed by atoms with Crippen molar-refractivity contribution in [3.63, 3.8) is 0 Å². The summed E-state index contributed by atoms with van der Waals surface area (Å²) in [5, 5.41) is 0. The minimum absolute atomic E-state index is 0.579. The molecule has 5 nitrogen and oxygen atoms in total. The van der Waals surface area contributed by atoms with Gasteiger partial charge in [-0.05, 0) is 125 Å². The molecule has 0 spiro atoms. The largest absolute Gasteiger partial charge is 0.375 e. The second-order valence-corrected chi connectivity index (χ2v) is 15.6. The molecule has 5 aliphatic rings. The molecular formula is C43H61N5. The first-order chi connectivity index (χ1) is 23.3. The third-order valence-corrected chi connectivity index (χ3v) is 11.8. The van der Waals surface area contributed by atoms with E-state index in [9.17, 15) is 0 Å². The quantitative estimate of drug-likeness (QED) is 0.257. The molecule has 1 saturated heterocycles. The summed E-state index contributed by atoms with van der Waals surface area (Å²) in [6, 6.07) is 9.01. The molecule has 48 heavy (non-hydrogen) atoms. The zero-order valence-corrected chi connectivity index (χ0v) is 30.5. The molecular weight excluding hydrogens is 587 g/mol. The molecule has 1 unspecified atom stereocenters. The van der Waals surface area contributed by atoms with Crippen LogP contribution < -0.4 is 4.90 Å². The molecule has 1 atom stereocenters. The van der Waals surface area contributed by atoms with Crippen LogP contribution in [-0.2, 0) is 6.42 Å². The fourth-order valence-electron chi connectivity index (χ4n) is 8.43. The van der Waals surface area contributed by atoms with E-state index < -0.39 is 0 Å². The minimum atomic E-state index is 0.579. The Morgan fingerprint density at radius 3 is 2.31 bits per heavy atom. The molecule has 258 valence electrons. The molecule has 3 saturated carbocycles. The molecule has 5 heteroatoms. The van der Waals surface area contributed by atoms with E-state index in [0.29, 0.717) is 17.8 Å². The van der Waals surface area contributed by atoms with Gasteiger partial charge >= 0.3 is 0 Å². The number of hydrogen-bond donors (Lipinski definition) is 0. The lowest BCUT2D eigenvalue weighted by atomic mass is 9.79. The molecule has 4 fully saturated rings. The second kappa shape index (κ2) is 16.0. The molecule has 7 rings (SSSR count). The van der Waals surface area contributed by atoms with Gasteiger partial charge in [-0.3, -0.25) is 9.98 Å². The summed E-state index contributed by atoms with van der Waals surface area (Å²) in [7, 11) is 0. The smallest absolute Gasteiger partial charge is 0.133 e. The Morgan fingerprint density at radius 1 is 0.938 bits per heavy atom. The molecule has 0 bridgehead atoms. The first-order valence-corrected chi connectivity index (χ1v) is 19.4. The van der Waals surface area contributed by atoms with Crippen molar-refractivity contribution in [2.75, 3.05) is 24.5 Å². The van der Waals surface area contributed by atoms with Crippen molar-refractivity contribution >= 4 is 17.2 Å². The predicted molar refractivity (Wildman–Crippen MR) is 203 cm³/mol. The van der Waals surface area contributed by atoms with Crippen LogP contribution in [0.15, 0.2) is 66.1 Å². The highest BCUT2D eigenvalue weighted by Gasteiger charge is 2.31. The number of aromatic nitrogens is 2. The van der Waals surface area contributed by atoms with Crippen molar-refractivity contribution in [1.29, 1.82) is 0 Å². The summed E-state index contributed by atoms with van der Waals surface area (Å²) < 4.78 is 0. The van der Waals surface area contributed by atoms with Crippen molar-refractivity contribution < 1.29 is 0 Å². The number of aryl methyl sites for hydroxylation is 2. The lowest BCUT2D eigenvalue weighted by Crippen LogP contribution is -2.34. The fraction of sp³-hybridized carbons (Fsp3) is 0.605. The van der Waals surface area contributed by atoms with Crippen molar-refractivity contribution in [3.05, 3.63) is 83.6 Å². The number of pyridine rings is 2. The molecule has 0 radical (unpaired) electrons. The number of nitrogens with zero attached hydrogens (tertiary/aromatic N) is 5. The summed E-state index contributed by atoms with van der Waals surface area (Å²) in [4.78, 5) is 19.8. The molecule has 0 aromatic carbocycles. The Hall–Kier alpha value is -3.21. The summed E-state index contributed by atoms with van der Waals surface area (Å²) in [6.45, 7) is 20.8. The molecule has 2 aliphatic heterocycles. The van der Waals surface area contributed by atoms with Gasteiger partial charge in [0.1, 0.15) is 5.82 Å². The predicted octanol–water partition coefficient (Wildman–Crippen LogP) is 10.7. The average molecular weight is 648 g/mol. The highest BCUT2D eigenvalue weighted by Crippen LogP contribution is 2.40. The topological polar surface area (TPSA) is 44.6 Å². The number of aliphatic imine (C=N–C) groups is 1. The maximum atomic E-state index is 5.03. The van der Waals surface area contributed by atoms with Gasteiger partial charge in [0, 0.05) is 72.2 Å². The van der Waals surface area contributed by atoms with E-state index in [1.54, 1.807) is 0 Å². The Morgan fingerprint density at radius 2 is 1.69 bits per heavy atom. The van der Waals surface area contributed by atoms with Crippen molar-refractivity contribution in [2.45, 2.75) is 124 Å². The normalized spacial score (nSPS) is 24.4. The van der Waals surface area contributed by atoms with Crippen LogP contribution >= 0.6 is 0 Å². The zero-order valence-electron chi connectivity index (χ0n) is 30.5. The van der Waals surface area contributed by atoms with Crippen LogP contribution in [0.4, 0.5) is 5.82 Å². The Labute approximate surface area is 291 Å². The van der Waals surface area contributed by atoms with Gasteiger partial charge in [-0.15, -0.1) is 0 Å². The Balaban J connectivity index is 0.000000388. The van der Waals surface area contributed by atoms with Gasteiger partial charge in [-0.1, -0.05) is 58.4 Å². The summed E-state index contributed by atoms with van der Waals surface area (Å²) >= 11 is 0. The van der Waals surface area contributed by atoms with Gasteiger partial charge in [0.25, 0.3) is 0 Å². The average Bonchev–Trinajstić information content (AvgIpc) is 3.67. The number of hydrogen-bond acceptors (Lipinski definition) is 5. The van der Waals surface area contributed by atoms with E-state index in [1.165, 1.54) is 130 Å². The van der Waals surface area contributed by atoms with Crippen molar-refractivity contribution in [2.24, 2.45) is 28.7 Å². The molecule has 0 N–H and O–H groups in total. The van der Waals surface area contributed by atoms with Crippen LogP contribution in [0, 0.1) is 30.6 Å². The minimum Gasteiger partial charge on any atom is -0.375 e. The third-order valence-electron chi connectivity index (χ3n) is 11.8. The standard InChI is InChI=1S/C35H46N4.C8H15N/c1-4-27-16-17-32(37-24(27)2)29-12-10-26(11-13-29)23-39(25(3)28-8-6-5-7-9-28)35-22-31(20-21-36-35)34-19-18-33(38-34)30-14-15-30;1-7(2)9-5-4-8(3)6-9/h16-17,19-22,26,28-30H,3-15,18,23H2,1-2H3;8H,1,4-6H2,2-3H3. The van der Waals surface area contributed by atoms with E-state index in [-0.39, 0.29) is 0 Å². The van der Waals surface area contributed by atoms with Crippen molar-refractivity contribution in [3.8, 4) is 0 Å². The number of allylic oxidation sites excluding steroid dienone is 3. The van der Waals surface area contributed by atoms with Crippen LogP contribution in [0.3, 0.4) is 0 Å². The van der Waals surface area contributed by atoms with Crippen molar-refractivity contribution in [1.82, 2.24) is 14.9 Å². The highest BCUT2D eigenvalue weighted by atomic mass is 15.2. The summed E-state index contributed by atoms with van der Waals surface area (Å²) in [5.74, 6) is 4.51. The molecule has 4 heterocycles. The van der Waals surface area contributed by atoms with Crippen LogP contribution in [0.25, 0.3) is 5.70 Å². The van der Waals surface area contributed by atoms with Gasteiger partial charge in [0.15, 0.2) is 0 Å². The molecule has 2 aromatic heterocycles. The van der Waals surface area contributed by atoms with E-state index in [0.717, 1.165) is 42.7 Å². The number of anilines is 1. The van der Waals surface area contributed by atoms with Crippen LogP contribution in [0.1, 0.15) is 133 Å². The summed E-state index contributed by atoms with van der Waals surface area (Å²) in [6.07, 6.45) is 21.9. The van der Waals surface area contributed by atoms with E-state index in [4.69, 9.17) is 21.5 Å². The Bertz CT molecular complexity index is 1480. The molecule has 3 aliphatic carbocycles. The first kappa shape index (κ1) is 34.6. The fourth-order valence-corrected chi connectivity index (χ4v) is 8.43. The first-order valence-electron chi connectivity index (χ1n) is 19.4. The highest BCUT2D eigenvalue weighted by molar-refractivity contribution is 5.98. The number of likely N-dealkylation sites (tertiary alicyclic amines) is 1. The van der Waals surface area contributed by atoms with Crippen LogP contribution in [-0.4, -0.2) is 40.2 Å².